The second-order valence-corrected chi connectivity index (χ2v) is 9.48. The number of pyridine rings is 1. The molecule has 188 valence electrons. The molecule has 1 aromatic heterocycles. The lowest BCUT2D eigenvalue weighted by Crippen LogP contribution is -2.35. The Balaban J connectivity index is 1.42. The Kier molecular flexibility index (Phi) is 8.18. The van der Waals surface area contributed by atoms with Crippen LogP contribution in [0.25, 0.3) is 21.3 Å². The van der Waals surface area contributed by atoms with Crippen molar-refractivity contribution < 1.29 is 9.47 Å². The number of fused-ring (bicyclic) bond motifs is 1. The molecule has 1 aliphatic heterocycles. The first-order valence-electron chi connectivity index (χ1n) is 12.4. The van der Waals surface area contributed by atoms with Crippen molar-refractivity contribution in [3.8, 4) is 5.75 Å². The van der Waals surface area contributed by atoms with Crippen molar-refractivity contribution in [3.63, 3.8) is 0 Å². The summed E-state index contributed by atoms with van der Waals surface area (Å²) in [7, 11) is 0. The van der Waals surface area contributed by atoms with Crippen molar-refractivity contribution in [2.24, 2.45) is 5.11 Å². The first kappa shape index (κ1) is 25.1. The van der Waals surface area contributed by atoms with Crippen LogP contribution in [-0.4, -0.2) is 36.2 Å². The van der Waals surface area contributed by atoms with Gasteiger partial charge in [0.15, 0.2) is 0 Å². The van der Waals surface area contributed by atoms with E-state index in [1.807, 2.05) is 60.7 Å². The Hall–Kier alpha value is -3.61. The van der Waals surface area contributed by atoms with Gasteiger partial charge in [0, 0.05) is 36.1 Å². The fourth-order valence-electron chi connectivity index (χ4n) is 4.63. The number of halogens is 1. The second kappa shape index (κ2) is 12.1. The predicted molar refractivity (Wildman–Crippen MR) is 146 cm³/mol. The summed E-state index contributed by atoms with van der Waals surface area (Å²) in [5.41, 5.74) is 14.1. The third kappa shape index (κ3) is 6.21. The smallest absolute Gasteiger partial charge is 0.149 e. The highest BCUT2D eigenvalue weighted by Crippen LogP contribution is 2.37. The number of nitrogens with zero attached hydrogens (tertiary/aromatic N) is 5. The lowest BCUT2D eigenvalue weighted by Gasteiger charge is -2.26. The number of rotatable bonds is 9. The molecule has 0 radical (unpaired) electrons. The molecule has 4 aromatic rings. The minimum Gasteiger partial charge on any atom is -0.486 e. The Morgan fingerprint density at radius 2 is 1.81 bits per heavy atom. The van der Waals surface area contributed by atoms with Crippen LogP contribution in [0.15, 0.2) is 84.1 Å². The summed E-state index contributed by atoms with van der Waals surface area (Å²) >= 11 is 6.66. The first-order valence-corrected chi connectivity index (χ1v) is 12.7. The van der Waals surface area contributed by atoms with E-state index in [0.29, 0.717) is 29.3 Å². The summed E-state index contributed by atoms with van der Waals surface area (Å²) in [5, 5.41) is 5.55. The number of hydrogen-bond donors (Lipinski definition) is 0. The molecule has 5 rings (SSSR count). The minimum atomic E-state index is -0.418. The van der Waals surface area contributed by atoms with Crippen LogP contribution < -0.4 is 4.74 Å². The molecule has 1 unspecified atom stereocenters. The van der Waals surface area contributed by atoms with Crippen LogP contribution in [0.4, 0.5) is 0 Å². The number of morpholine rings is 1. The largest absolute Gasteiger partial charge is 0.486 e. The Labute approximate surface area is 221 Å². The van der Waals surface area contributed by atoms with Gasteiger partial charge in [0.1, 0.15) is 17.9 Å². The molecule has 3 aromatic carbocycles. The summed E-state index contributed by atoms with van der Waals surface area (Å²) in [4.78, 5) is 10.1. The van der Waals surface area contributed by atoms with E-state index in [4.69, 9.17) is 21.1 Å². The molecule has 7 nitrogen and oxygen atoms in total. The Morgan fingerprint density at radius 3 is 2.57 bits per heavy atom. The summed E-state index contributed by atoms with van der Waals surface area (Å²) < 4.78 is 11.8. The van der Waals surface area contributed by atoms with Crippen molar-refractivity contribution in [1.29, 1.82) is 0 Å². The fourth-order valence-corrected chi connectivity index (χ4v) is 4.91. The highest BCUT2D eigenvalue weighted by Gasteiger charge is 2.19. The van der Waals surface area contributed by atoms with Gasteiger partial charge in [-0.1, -0.05) is 71.3 Å². The van der Waals surface area contributed by atoms with Crippen LogP contribution in [0.1, 0.15) is 28.3 Å². The van der Waals surface area contributed by atoms with Gasteiger partial charge in [-0.15, -0.1) is 0 Å². The molecule has 8 heteroatoms. The van der Waals surface area contributed by atoms with Crippen LogP contribution in [0.3, 0.4) is 0 Å². The number of azide groups is 1. The van der Waals surface area contributed by atoms with Gasteiger partial charge in [0.2, 0.25) is 0 Å². The second-order valence-electron chi connectivity index (χ2n) is 9.08. The molecule has 37 heavy (non-hydrogen) atoms. The normalized spacial score (nSPS) is 14.7. The predicted octanol–water partition coefficient (Wildman–Crippen LogP) is 6.89. The third-order valence-electron chi connectivity index (χ3n) is 6.58. The minimum absolute atomic E-state index is 0.392. The summed E-state index contributed by atoms with van der Waals surface area (Å²) in [6.45, 7) is 4.68. The number of hydrogen-bond acceptors (Lipinski definition) is 5. The van der Waals surface area contributed by atoms with Gasteiger partial charge >= 0.3 is 0 Å². The summed E-state index contributed by atoms with van der Waals surface area (Å²) in [6.07, 6.45) is 2.17. The van der Waals surface area contributed by atoms with Gasteiger partial charge in [0.25, 0.3) is 0 Å². The average Bonchev–Trinajstić information content (AvgIpc) is 2.94. The third-order valence-corrected chi connectivity index (χ3v) is 6.89. The highest BCUT2D eigenvalue weighted by molar-refractivity contribution is 6.35. The van der Waals surface area contributed by atoms with Crippen molar-refractivity contribution in [3.05, 3.63) is 117 Å². The molecular weight excluding hydrogens is 486 g/mol. The van der Waals surface area contributed by atoms with Crippen molar-refractivity contribution in [2.75, 3.05) is 26.3 Å². The zero-order valence-corrected chi connectivity index (χ0v) is 21.2. The molecule has 0 N–H and O–H groups in total. The van der Waals surface area contributed by atoms with E-state index in [1.165, 1.54) is 5.56 Å². The van der Waals surface area contributed by atoms with Crippen LogP contribution >= 0.6 is 11.6 Å². The van der Waals surface area contributed by atoms with E-state index in [2.05, 4.69) is 32.0 Å². The lowest BCUT2D eigenvalue weighted by molar-refractivity contribution is 0.0342. The molecule has 0 amide bonds. The molecule has 1 fully saturated rings. The maximum absolute atomic E-state index is 9.36. The molecule has 1 saturated heterocycles. The van der Waals surface area contributed by atoms with Crippen molar-refractivity contribution in [2.45, 2.75) is 25.6 Å². The maximum Gasteiger partial charge on any atom is 0.149 e. The highest BCUT2D eigenvalue weighted by atomic mass is 35.5. The topological polar surface area (TPSA) is 83.4 Å². The molecule has 2 heterocycles. The van der Waals surface area contributed by atoms with E-state index in [-0.39, 0.29) is 0 Å². The average molecular weight is 514 g/mol. The molecule has 0 spiro atoms. The Bertz CT molecular complexity index is 1390. The Morgan fingerprint density at radius 1 is 1.03 bits per heavy atom. The van der Waals surface area contributed by atoms with Gasteiger partial charge in [-0.25, -0.2) is 0 Å². The van der Waals surface area contributed by atoms with E-state index in [1.54, 1.807) is 6.20 Å². The number of aromatic nitrogens is 1. The van der Waals surface area contributed by atoms with E-state index >= 15 is 0 Å². The van der Waals surface area contributed by atoms with Gasteiger partial charge < -0.3 is 9.47 Å². The van der Waals surface area contributed by atoms with Crippen molar-refractivity contribution >= 4 is 22.5 Å². The number of ether oxygens (including phenoxy) is 2. The maximum atomic E-state index is 9.36. The molecule has 0 aliphatic carbocycles. The number of benzene rings is 3. The molecular formula is C29H28ClN5O2. The fraction of sp³-hybridized carbons (Fsp3) is 0.276. The molecule has 1 aliphatic rings. The van der Waals surface area contributed by atoms with E-state index in [9.17, 15) is 5.53 Å². The van der Waals surface area contributed by atoms with Crippen LogP contribution in [0.2, 0.25) is 5.02 Å². The van der Waals surface area contributed by atoms with Gasteiger partial charge in [-0.3, -0.25) is 9.88 Å². The van der Waals surface area contributed by atoms with E-state index in [0.717, 1.165) is 54.9 Å². The van der Waals surface area contributed by atoms with Crippen molar-refractivity contribution in [1.82, 2.24) is 9.88 Å². The van der Waals surface area contributed by atoms with Crippen LogP contribution in [0.5, 0.6) is 5.75 Å². The van der Waals surface area contributed by atoms with Gasteiger partial charge in [-0.05, 0) is 52.4 Å². The zero-order valence-electron chi connectivity index (χ0n) is 20.5. The summed E-state index contributed by atoms with van der Waals surface area (Å²) in [6, 6.07) is 23.6. The zero-order chi connectivity index (χ0) is 25.5. The van der Waals surface area contributed by atoms with Gasteiger partial charge in [-0.2, -0.15) is 0 Å². The summed E-state index contributed by atoms with van der Waals surface area (Å²) in [5.74, 6) is 0.658. The van der Waals surface area contributed by atoms with Crippen LogP contribution in [0, 0.1) is 0 Å². The van der Waals surface area contributed by atoms with Crippen LogP contribution in [-0.2, 0) is 24.3 Å². The standard InChI is InChI=1S/C29H28ClN5O2/c30-26-17-24(29(28-25(26)7-4-12-32-28)37-20-22-5-2-1-3-6-22)18-27(33-34-31)23-10-8-21(9-11-23)19-35-13-15-36-16-14-35/h1-12,17,27H,13-16,18-20H2. The molecule has 0 bridgehead atoms. The SMILES string of the molecule is [N-]=[N+]=NC(Cc1cc(Cl)c2cccnc2c1OCc1ccccc1)c1ccc(CN2CCOCC2)cc1. The monoisotopic (exact) mass is 513 g/mol. The van der Waals surface area contributed by atoms with Gasteiger partial charge in [0.05, 0.1) is 24.3 Å². The quantitative estimate of drug-likeness (QED) is 0.138. The first-order chi connectivity index (χ1) is 18.2. The molecule has 0 saturated carbocycles. The molecule has 1 atom stereocenters. The lowest BCUT2D eigenvalue weighted by atomic mass is 9.96. The van der Waals surface area contributed by atoms with E-state index < -0.39 is 6.04 Å².